The van der Waals surface area contributed by atoms with Gasteiger partial charge in [-0.25, -0.2) is 0 Å². The molecule has 196 valence electrons. The average molecular weight is 566 g/mol. The number of quaternary nitrogens is 1. The standard InChI is InChI=1S/C30H64N.HI/c1-5-7-9-11-13-15-17-19-21-23-25-27-29-31(3,4)30-28-26-24-22-20-18-16-14-12-10-8-6-2;/h5-30H2,1-4H3;1H/q+1;/p-1. The summed E-state index contributed by atoms with van der Waals surface area (Å²) in [7, 11) is 4.91. The van der Waals surface area contributed by atoms with E-state index in [1.165, 1.54) is 172 Å². The van der Waals surface area contributed by atoms with Crippen molar-refractivity contribution in [1.82, 2.24) is 0 Å². The topological polar surface area (TPSA) is 0 Å². The maximum Gasteiger partial charge on any atom is 0.0782 e. The Kier molecular flexibility index (Phi) is 30.4. The first-order valence-corrected chi connectivity index (χ1v) is 14.9. The molecule has 0 N–H and O–H groups in total. The molecule has 0 rings (SSSR count). The molecule has 0 aliphatic rings. The Bertz CT molecular complexity index is 299. The summed E-state index contributed by atoms with van der Waals surface area (Å²) in [5.74, 6) is 0. The summed E-state index contributed by atoms with van der Waals surface area (Å²) in [6.45, 7) is 7.38. The number of halogens is 1. The predicted molar refractivity (Wildman–Crippen MR) is 144 cm³/mol. The number of hydrogen-bond acceptors (Lipinski definition) is 0. The van der Waals surface area contributed by atoms with Crippen LogP contribution in [0.2, 0.25) is 0 Å². The highest BCUT2D eigenvalue weighted by Crippen LogP contribution is 2.15. The van der Waals surface area contributed by atoms with Crippen LogP contribution in [0.1, 0.15) is 168 Å². The van der Waals surface area contributed by atoms with E-state index < -0.39 is 0 Å². The van der Waals surface area contributed by atoms with Gasteiger partial charge in [-0.1, -0.05) is 142 Å². The van der Waals surface area contributed by atoms with Gasteiger partial charge in [0.15, 0.2) is 0 Å². The quantitative estimate of drug-likeness (QED) is 0.0580. The largest absolute Gasteiger partial charge is 1.00 e. The van der Waals surface area contributed by atoms with Gasteiger partial charge in [-0.3, -0.25) is 0 Å². The molecule has 0 spiro atoms. The fourth-order valence-electron chi connectivity index (χ4n) is 4.87. The minimum Gasteiger partial charge on any atom is -1.00 e. The van der Waals surface area contributed by atoms with Crippen molar-refractivity contribution in [2.24, 2.45) is 0 Å². The van der Waals surface area contributed by atoms with Crippen LogP contribution in [-0.2, 0) is 0 Å². The van der Waals surface area contributed by atoms with Crippen molar-refractivity contribution < 1.29 is 28.5 Å². The minimum absolute atomic E-state index is 0. The highest BCUT2D eigenvalue weighted by atomic mass is 127. The first-order chi connectivity index (χ1) is 15.1. The number of hydrogen-bond donors (Lipinski definition) is 0. The normalized spacial score (nSPS) is 11.6. The Morgan fingerprint density at radius 2 is 0.500 bits per heavy atom. The maximum atomic E-state index is 2.46. The smallest absolute Gasteiger partial charge is 0.0782 e. The van der Waals surface area contributed by atoms with E-state index in [2.05, 4.69) is 27.9 Å². The molecular formula is C30H64IN. The second kappa shape index (κ2) is 27.9. The van der Waals surface area contributed by atoms with E-state index in [1.54, 1.807) is 0 Å². The van der Waals surface area contributed by atoms with Crippen molar-refractivity contribution in [2.75, 3.05) is 27.2 Å². The Hall–Kier alpha value is 0.690. The molecule has 0 aliphatic carbocycles. The van der Waals surface area contributed by atoms with E-state index in [4.69, 9.17) is 0 Å². The molecule has 0 amide bonds. The number of unbranched alkanes of at least 4 members (excludes halogenated alkanes) is 22. The molecule has 0 bridgehead atoms. The molecule has 0 aromatic heterocycles. The molecule has 32 heavy (non-hydrogen) atoms. The second-order valence-electron chi connectivity index (χ2n) is 11.2. The van der Waals surface area contributed by atoms with E-state index >= 15 is 0 Å². The van der Waals surface area contributed by atoms with Gasteiger partial charge in [-0.15, -0.1) is 0 Å². The summed E-state index contributed by atoms with van der Waals surface area (Å²) in [6, 6.07) is 0. The summed E-state index contributed by atoms with van der Waals surface area (Å²) in [5.41, 5.74) is 0. The monoisotopic (exact) mass is 565 g/mol. The van der Waals surface area contributed by atoms with E-state index in [0.717, 1.165) is 0 Å². The van der Waals surface area contributed by atoms with Gasteiger partial charge in [0, 0.05) is 0 Å². The first-order valence-electron chi connectivity index (χ1n) is 14.9. The van der Waals surface area contributed by atoms with Gasteiger partial charge < -0.3 is 28.5 Å². The van der Waals surface area contributed by atoms with Gasteiger partial charge in [-0.2, -0.15) is 0 Å². The lowest BCUT2D eigenvalue weighted by Crippen LogP contribution is -3.00. The zero-order chi connectivity index (χ0) is 22.9. The van der Waals surface area contributed by atoms with Crippen LogP contribution in [0, 0.1) is 0 Å². The SMILES string of the molecule is CCCCCCCCCCCCCC[N+](C)(C)CCCCCCCCCCCCCC.[I-]. The van der Waals surface area contributed by atoms with Crippen molar-refractivity contribution in [3.8, 4) is 0 Å². The van der Waals surface area contributed by atoms with E-state index in [9.17, 15) is 0 Å². The molecule has 0 aromatic rings. The van der Waals surface area contributed by atoms with Crippen LogP contribution in [0.4, 0.5) is 0 Å². The van der Waals surface area contributed by atoms with Crippen molar-refractivity contribution in [3.63, 3.8) is 0 Å². The summed E-state index contributed by atoms with van der Waals surface area (Å²) >= 11 is 0. The van der Waals surface area contributed by atoms with Crippen LogP contribution in [0.15, 0.2) is 0 Å². The molecular weight excluding hydrogens is 501 g/mol. The molecule has 0 radical (unpaired) electrons. The summed E-state index contributed by atoms with van der Waals surface area (Å²) in [5, 5.41) is 0. The lowest BCUT2D eigenvalue weighted by Gasteiger charge is -2.30. The molecule has 0 atom stereocenters. The highest BCUT2D eigenvalue weighted by Gasteiger charge is 2.13. The third-order valence-electron chi connectivity index (χ3n) is 7.23. The van der Waals surface area contributed by atoms with E-state index in [-0.39, 0.29) is 24.0 Å². The lowest BCUT2D eigenvalue weighted by atomic mass is 10.0. The Labute approximate surface area is 222 Å². The lowest BCUT2D eigenvalue weighted by molar-refractivity contribution is -0.890. The molecule has 0 aromatic carbocycles. The fourth-order valence-corrected chi connectivity index (χ4v) is 4.87. The maximum absolute atomic E-state index is 2.46. The summed E-state index contributed by atoms with van der Waals surface area (Å²) in [4.78, 5) is 0. The van der Waals surface area contributed by atoms with Crippen molar-refractivity contribution in [2.45, 2.75) is 168 Å². The van der Waals surface area contributed by atoms with Gasteiger partial charge >= 0.3 is 0 Å². The first kappa shape index (κ1) is 34.9. The Balaban J connectivity index is 0. The molecule has 0 saturated heterocycles. The van der Waals surface area contributed by atoms with Crippen LogP contribution in [0.3, 0.4) is 0 Å². The van der Waals surface area contributed by atoms with Crippen molar-refractivity contribution in [1.29, 1.82) is 0 Å². The average Bonchev–Trinajstić information content (AvgIpc) is 2.75. The molecule has 0 fully saturated rings. The van der Waals surface area contributed by atoms with Gasteiger partial charge in [0.05, 0.1) is 27.2 Å². The van der Waals surface area contributed by atoms with Gasteiger partial charge in [0.25, 0.3) is 0 Å². The zero-order valence-corrected chi connectivity index (χ0v) is 25.4. The van der Waals surface area contributed by atoms with Crippen LogP contribution in [-0.4, -0.2) is 31.7 Å². The summed E-state index contributed by atoms with van der Waals surface area (Å²) in [6.07, 6.45) is 35.0. The van der Waals surface area contributed by atoms with Crippen LogP contribution < -0.4 is 24.0 Å². The summed E-state index contributed by atoms with van der Waals surface area (Å²) < 4.78 is 1.25. The molecule has 0 aliphatic heterocycles. The van der Waals surface area contributed by atoms with Gasteiger partial charge in [0.1, 0.15) is 0 Å². The molecule has 1 nitrogen and oxygen atoms in total. The Morgan fingerprint density at radius 1 is 0.312 bits per heavy atom. The van der Waals surface area contributed by atoms with E-state index in [1.807, 2.05) is 0 Å². The number of nitrogens with zero attached hydrogens (tertiary/aromatic N) is 1. The van der Waals surface area contributed by atoms with Crippen LogP contribution >= 0.6 is 0 Å². The van der Waals surface area contributed by atoms with Crippen LogP contribution in [0.5, 0.6) is 0 Å². The molecule has 0 unspecified atom stereocenters. The van der Waals surface area contributed by atoms with Crippen molar-refractivity contribution in [3.05, 3.63) is 0 Å². The highest BCUT2D eigenvalue weighted by molar-refractivity contribution is 4.50. The van der Waals surface area contributed by atoms with Gasteiger partial charge in [-0.05, 0) is 25.7 Å². The number of rotatable bonds is 26. The van der Waals surface area contributed by atoms with E-state index in [0.29, 0.717) is 0 Å². The van der Waals surface area contributed by atoms with Crippen LogP contribution in [0.25, 0.3) is 0 Å². The predicted octanol–water partition coefficient (Wildman–Crippen LogP) is 7.47. The van der Waals surface area contributed by atoms with Gasteiger partial charge in [0.2, 0.25) is 0 Å². The third-order valence-corrected chi connectivity index (χ3v) is 7.23. The third kappa shape index (κ3) is 28.7. The second-order valence-corrected chi connectivity index (χ2v) is 11.2. The Morgan fingerprint density at radius 3 is 0.719 bits per heavy atom. The minimum atomic E-state index is 0. The fraction of sp³-hybridized carbons (Fsp3) is 1.00. The molecule has 0 heterocycles. The molecule has 2 heteroatoms. The van der Waals surface area contributed by atoms with Crippen molar-refractivity contribution >= 4 is 0 Å². The molecule has 0 saturated carbocycles. The zero-order valence-electron chi connectivity index (χ0n) is 23.2.